The number of hydrogen-bond acceptors (Lipinski definition) is 4. The third kappa shape index (κ3) is 8.16. The molecule has 36 heavy (non-hydrogen) atoms. The number of carbonyl (C=O) groups excluding carboxylic acids is 2. The molecule has 0 heterocycles. The molecule has 3 rings (SSSR count). The minimum atomic E-state index is -0.590. The molecule has 0 aliphatic carbocycles. The Bertz CT molecular complexity index is 1100. The van der Waals surface area contributed by atoms with Crippen molar-refractivity contribution in [2.45, 2.75) is 45.0 Å². The van der Waals surface area contributed by atoms with Crippen molar-refractivity contribution in [3.63, 3.8) is 0 Å². The van der Waals surface area contributed by atoms with E-state index in [9.17, 15) is 9.59 Å². The van der Waals surface area contributed by atoms with Crippen molar-refractivity contribution < 1.29 is 14.3 Å². The van der Waals surface area contributed by atoms with Gasteiger partial charge in [-0.3, -0.25) is 9.59 Å². The highest BCUT2D eigenvalue weighted by Gasteiger charge is 2.30. The predicted octanol–water partition coefficient (Wildman–Crippen LogP) is 5.40. The van der Waals surface area contributed by atoms with Gasteiger partial charge in [0.05, 0.1) is 12.9 Å². The second-order valence-corrected chi connectivity index (χ2v) is 9.77. The molecule has 190 valence electrons. The Morgan fingerprint density at radius 2 is 1.64 bits per heavy atom. The number of aryl methyl sites for hydroxylation is 1. The van der Waals surface area contributed by atoms with E-state index in [1.54, 1.807) is 23.8 Å². The summed E-state index contributed by atoms with van der Waals surface area (Å²) in [5, 5.41) is 3.03. The lowest BCUT2D eigenvalue weighted by molar-refractivity contribution is -0.139. The summed E-state index contributed by atoms with van der Waals surface area (Å²) in [6.07, 6.45) is 1.31. The molecule has 0 aromatic heterocycles. The van der Waals surface area contributed by atoms with E-state index in [-0.39, 0.29) is 11.8 Å². The van der Waals surface area contributed by atoms with Gasteiger partial charge in [-0.15, -0.1) is 11.8 Å². The van der Waals surface area contributed by atoms with E-state index in [2.05, 4.69) is 5.32 Å². The van der Waals surface area contributed by atoms with Crippen LogP contribution in [0.15, 0.2) is 78.9 Å². The van der Waals surface area contributed by atoms with Crippen molar-refractivity contribution in [1.29, 1.82) is 0 Å². The monoisotopic (exact) mass is 504 g/mol. The summed E-state index contributed by atoms with van der Waals surface area (Å²) in [5.41, 5.74) is 4.31. The molecule has 3 aromatic carbocycles. The van der Waals surface area contributed by atoms with Crippen LogP contribution in [0.25, 0.3) is 0 Å². The van der Waals surface area contributed by atoms with Gasteiger partial charge >= 0.3 is 0 Å². The van der Waals surface area contributed by atoms with Crippen LogP contribution >= 0.6 is 11.8 Å². The van der Waals surface area contributed by atoms with E-state index < -0.39 is 6.04 Å². The van der Waals surface area contributed by atoms with Crippen LogP contribution < -0.4 is 10.1 Å². The van der Waals surface area contributed by atoms with Crippen molar-refractivity contribution in [2.24, 2.45) is 0 Å². The molecular formula is C30H36N2O3S. The molecule has 0 aliphatic heterocycles. The predicted molar refractivity (Wildman–Crippen MR) is 148 cm³/mol. The van der Waals surface area contributed by atoms with Crippen LogP contribution in [-0.4, -0.2) is 42.2 Å². The first-order valence-corrected chi connectivity index (χ1v) is 13.5. The summed E-state index contributed by atoms with van der Waals surface area (Å²) < 4.78 is 5.23. The van der Waals surface area contributed by atoms with E-state index in [1.807, 2.05) is 92.7 Å². The molecule has 0 radical (unpaired) electrons. The van der Waals surface area contributed by atoms with Crippen LogP contribution in [0, 0.1) is 6.92 Å². The van der Waals surface area contributed by atoms with Crippen molar-refractivity contribution in [3.8, 4) is 5.75 Å². The number of carbonyl (C=O) groups is 2. The third-order valence-electron chi connectivity index (χ3n) is 6.08. The second kappa shape index (κ2) is 14.3. The Labute approximate surface area is 219 Å². The Balaban J connectivity index is 1.82. The fourth-order valence-corrected chi connectivity index (χ4v) is 4.82. The van der Waals surface area contributed by atoms with Gasteiger partial charge in [0.25, 0.3) is 0 Å². The number of nitrogens with zero attached hydrogens (tertiary/aromatic N) is 1. The molecule has 0 saturated carbocycles. The zero-order valence-corrected chi connectivity index (χ0v) is 22.2. The first-order chi connectivity index (χ1) is 17.5. The molecule has 0 unspecified atom stereocenters. The van der Waals surface area contributed by atoms with Gasteiger partial charge in [0.2, 0.25) is 11.8 Å². The molecule has 3 aromatic rings. The second-order valence-electron chi connectivity index (χ2n) is 8.79. The molecule has 1 N–H and O–H groups in total. The quantitative estimate of drug-likeness (QED) is 0.338. The lowest BCUT2D eigenvalue weighted by Gasteiger charge is -2.32. The normalized spacial score (nSPS) is 11.5. The standard InChI is InChI=1S/C30H36N2O3S/c1-4-18-31-30(34)28(19-24-11-6-5-7-12-24)32(20-26-13-9-8-10-23(26)2)29(33)22-36-21-25-14-16-27(35-3)17-15-25/h5-17,28H,4,18-22H2,1-3H3,(H,31,34)/t28-/m1/s1. The SMILES string of the molecule is CCCNC(=O)[C@@H](Cc1ccccc1)N(Cc1ccccc1C)C(=O)CSCc1ccc(OC)cc1. The zero-order chi connectivity index (χ0) is 25.8. The largest absolute Gasteiger partial charge is 0.497 e. The number of nitrogens with one attached hydrogen (secondary N) is 1. The fraction of sp³-hybridized carbons (Fsp3) is 0.333. The van der Waals surface area contributed by atoms with Gasteiger partial charge in [-0.1, -0.05) is 73.7 Å². The van der Waals surface area contributed by atoms with Crippen molar-refractivity contribution in [1.82, 2.24) is 10.2 Å². The Morgan fingerprint density at radius 1 is 0.944 bits per heavy atom. The molecule has 2 amide bonds. The summed E-state index contributed by atoms with van der Waals surface area (Å²) >= 11 is 1.56. The summed E-state index contributed by atoms with van der Waals surface area (Å²) in [4.78, 5) is 28.8. The average Bonchev–Trinajstić information content (AvgIpc) is 2.91. The molecule has 0 saturated heterocycles. The highest BCUT2D eigenvalue weighted by atomic mass is 32.2. The number of benzene rings is 3. The molecular weight excluding hydrogens is 468 g/mol. The number of methoxy groups -OCH3 is 1. The molecule has 0 bridgehead atoms. The summed E-state index contributed by atoms with van der Waals surface area (Å²) in [7, 11) is 1.65. The number of hydrogen-bond donors (Lipinski definition) is 1. The van der Waals surface area contributed by atoms with Gasteiger partial charge < -0.3 is 15.0 Å². The van der Waals surface area contributed by atoms with E-state index in [4.69, 9.17) is 4.74 Å². The lowest BCUT2D eigenvalue weighted by atomic mass is 10.0. The maximum atomic E-state index is 13.7. The van der Waals surface area contributed by atoms with Crippen LogP contribution in [0.2, 0.25) is 0 Å². The molecule has 5 nitrogen and oxygen atoms in total. The first-order valence-electron chi connectivity index (χ1n) is 12.4. The first kappa shape index (κ1) is 27.3. The van der Waals surface area contributed by atoms with E-state index in [0.717, 1.165) is 34.4 Å². The topological polar surface area (TPSA) is 58.6 Å². The minimum Gasteiger partial charge on any atom is -0.497 e. The molecule has 6 heteroatoms. The highest BCUT2D eigenvalue weighted by molar-refractivity contribution is 7.99. The Kier molecular flexibility index (Phi) is 10.9. The molecule has 0 aliphatic rings. The average molecular weight is 505 g/mol. The van der Waals surface area contributed by atoms with Gasteiger partial charge in [0.1, 0.15) is 11.8 Å². The van der Waals surface area contributed by atoms with Crippen LogP contribution in [0.3, 0.4) is 0 Å². The van der Waals surface area contributed by atoms with Crippen LogP contribution in [0.5, 0.6) is 5.75 Å². The molecule has 0 fully saturated rings. The number of amides is 2. The summed E-state index contributed by atoms with van der Waals surface area (Å²) in [6.45, 7) is 5.05. The van der Waals surface area contributed by atoms with Gasteiger partial charge in [0, 0.05) is 25.3 Å². The van der Waals surface area contributed by atoms with Crippen LogP contribution in [0.1, 0.15) is 35.6 Å². The van der Waals surface area contributed by atoms with Crippen molar-refractivity contribution in [2.75, 3.05) is 19.4 Å². The lowest BCUT2D eigenvalue weighted by Crippen LogP contribution is -2.51. The summed E-state index contributed by atoms with van der Waals surface area (Å²) in [6, 6.07) is 25.2. The third-order valence-corrected chi connectivity index (χ3v) is 7.06. The van der Waals surface area contributed by atoms with E-state index in [1.165, 1.54) is 0 Å². The number of thioether (sulfide) groups is 1. The van der Waals surface area contributed by atoms with E-state index >= 15 is 0 Å². The maximum Gasteiger partial charge on any atom is 0.243 e. The van der Waals surface area contributed by atoms with Gasteiger partial charge in [-0.2, -0.15) is 0 Å². The van der Waals surface area contributed by atoms with Gasteiger partial charge in [-0.05, 0) is 47.7 Å². The molecule has 0 spiro atoms. The highest BCUT2D eigenvalue weighted by Crippen LogP contribution is 2.21. The maximum absolute atomic E-state index is 13.7. The van der Waals surface area contributed by atoms with Crippen molar-refractivity contribution >= 4 is 23.6 Å². The molecule has 1 atom stereocenters. The zero-order valence-electron chi connectivity index (χ0n) is 21.4. The van der Waals surface area contributed by atoms with Crippen LogP contribution in [0.4, 0.5) is 0 Å². The fourth-order valence-electron chi connectivity index (χ4n) is 3.95. The Hall–Kier alpha value is -3.25. The smallest absolute Gasteiger partial charge is 0.243 e. The number of ether oxygens (including phenoxy) is 1. The number of rotatable bonds is 13. The Morgan fingerprint density at radius 3 is 2.31 bits per heavy atom. The van der Waals surface area contributed by atoms with Gasteiger partial charge in [-0.25, -0.2) is 0 Å². The van der Waals surface area contributed by atoms with Gasteiger partial charge in [0.15, 0.2) is 0 Å². The minimum absolute atomic E-state index is 0.0376. The summed E-state index contributed by atoms with van der Waals surface area (Å²) in [5.74, 6) is 1.67. The van der Waals surface area contributed by atoms with E-state index in [0.29, 0.717) is 31.0 Å². The van der Waals surface area contributed by atoms with Crippen molar-refractivity contribution in [3.05, 3.63) is 101 Å². The van der Waals surface area contributed by atoms with Crippen LogP contribution in [-0.2, 0) is 28.3 Å².